The summed E-state index contributed by atoms with van der Waals surface area (Å²) in [4.78, 5) is 19.6. The Kier molecular flexibility index (Phi) is 7.35. The molecule has 1 saturated heterocycles. The van der Waals surface area contributed by atoms with Crippen molar-refractivity contribution in [3.8, 4) is 11.3 Å². The van der Waals surface area contributed by atoms with Crippen LogP contribution in [0.15, 0.2) is 36.7 Å². The van der Waals surface area contributed by atoms with Crippen molar-refractivity contribution >= 4 is 22.8 Å². The zero-order chi connectivity index (χ0) is 27.9. The Bertz CT molecular complexity index is 1480. The van der Waals surface area contributed by atoms with Crippen LogP contribution >= 0.6 is 0 Å². The number of aliphatic hydroxyl groups is 1. The fraction of sp³-hybridized carbons (Fsp3) is 0.448. The Balaban J connectivity index is 1.38. The number of benzene rings is 1. The third-order valence-corrected chi connectivity index (χ3v) is 7.96. The quantitative estimate of drug-likeness (QED) is 0.311. The second kappa shape index (κ2) is 10.6. The van der Waals surface area contributed by atoms with Crippen molar-refractivity contribution in [2.45, 2.75) is 65.0 Å². The number of rotatable bonds is 7. The second-order valence-electron chi connectivity index (χ2n) is 10.7. The third kappa shape index (κ3) is 5.23. The monoisotopic (exact) mass is 535 g/mol. The van der Waals surface area contributed by atoms with Crippen molar-refractivity contribution in [1.29, 1.82) is 0 Å². The first-order valence-electron chi connectivity index (χ1n) is 13.5. The van der Waals surface area contributed by atoms with Gasteiger partial charge in [-0.1, -0.05) is 19.9 Å². The number of fused-ring (bicyclic) bond motifs is 1. The topological polar surface area (TPSA) is 92.0 Å². The summed E-state index contributed by atoms with van der Waals surface area (Å²) in [7, 11) is 0. The maximum Gasteiger partial charge on any atom is 0.229 e. The molecule has 1 fully saturated rings. The normalized spacial score (nSPS) is 16.6. The van der Waals surface area contributed by atoms with Crippen molar-refractivity contribution in [3.05, 3.63) is 59.7 Å². The summed E-state index contributed by atoms with van der Waals surface area (Å²) < 4.78 is 31.7. The van der Waals surface area contributed by atoms with Gasteiger partial charge in [-0.05, 0) is 63.9 Å². The van der Waals surface area contributed by atoms with E-state index in [2.05, 4.69) is 37.1 Å². The number of pyridine rings is 1. The molecular weight excluding hydrogens is 500 g/mol. The molecule has 0 amide bonds. The number of nitrogens with zero attached hydrogens (tertiary/aromatic N) is 6. The Morgan fingerprint density at radius 2 is 1.77 bits per heavy atom. The number of nitrogens with one attached hydrogen (secondary N) is 1. The highest BCUT2D eigenvalue weighted by Crippen LogP contribution is 2.36. The van der Waals surface area contributed by atoms with Gasteiger partial charge in [-0.25, -0.2) is 28.7 Å². The number of piperidine rings is 1. The summed E-state index contributed by atoms with van der Waals surface area (Å²) in [6.07, 6.45) is 4.24. The molecule has 1 aliphatic rings. The second-order valence-corrected chi connectivity index (χ2v) is 10.7. The number of aromatic nitrogens is 5. The average Bonchev–Trinajstić information content (AvgIpc) is 3.27. The van der Waals surface area contributed by atoms with Crippen LogP contribution in [0.3, 0.4) is 0 Å². The van der Waals surface area contributed by atoms with Crippen LogP contribution < -0.4 is 5.32 Å². The molecule has 1 unspecified atom stereocenters. The number of hydrogen-bond donors (Lipinski definition) is 2. The van der Waals surface area contributed by atoms with E-state index >= 15 is 0 Å². The van der Waals surface area contributed by atoms with E-state index in [0.717, 1.165) is 44.2 Å². The van der Waals surface area contributed by atoms with Crippen LogP contribution in [0.2, 0.25) is 0 Å². The first-order valence-corrected chi connectivity index (χ1v) is 13.5. The molecule has 4 heterocycles. The molecule has 5 rings (SSSR count). The minimum absolute atomic E-state index is 0.0201. The maximum absolute atomic E-state index is 15.0. The number of aryl methyl sites for hydroxylation is 1. The highest BCUT2D eigenvalue weighted by molar-refractivity contribution is 5.83. The highest BCUT2D eigenvalue weighted by atomic mass is 19.1. The molecule has 3 aromatic heterocycles. The minimum atomic E-state index is -0.767. The van der Waals surface area contributed by atoms with Gasteiger partial charge in [-0.15, -0.1) is 0 Å². The molecular formula is C29H35F2N7O. The summed E-state index contributed by atoms with van der Waals surface area (Å²) in [6.45, 7) is 12.7. The maximum atomic E-state index is 15.0. The van der Waals surface area contributed by atoms with Gasteiger partial charge in [-0.2, -0.15) is 0 Å². The largest absolute Gasteiger partial charge is 0.389 e. The Morgan fingerprint density at radius 1 is 1.03 bits per heavy atom. The molecule has 1 aromatic carbocycles. The molecule has 0 spiro atoms. The molecule has 1 atom stereocenters. The van der Waals surface area contributed by atoms with E-state index in [0.29, 0.717) is 22.7 Å². The number of likely N-dealkylation sites (tertiary alicyclic amines) is 1. The van der Waals surface area contributed by atoms with Gasteiger partial charge < -0.3 is 19.9 Å². The summed E-state index contributed by atoms with van der Waals surface area (Å²) in [5.74, 6) is 0.0335. The van der Waals surface area contributed by atoms with Crippen molar-refractivity contribution in [1.82, 2.24) is 29.4 Å². The van der Waals surface area contributed by atoms with E-state index in [1.54, 1.807) is 18.3 Å². The van der Waals surface area contributed by atoms with Gasteiger partial charge in [0.2, 0.25) is 5.95 Å². The molecule has 1 aliphatic heterocycles. The predicted octanol–water partition coefficient (Wildman–Crippen LogP) is 5.75. The number of imidazole rings is 1. The lowest BCUT2D eigenvalue weighted by Gasteiger charge is -2.41. The van der Waals surface area contributed by atoms with E-state index in [4.69, 9.17) is 0 Å². The van der Waals surface area contributed by atoms with Crippen molar-refractivity contribution < 1.29 is 13.9 Å². The predicted molar refractivity (Wildman–Crippen MR) is 148 cm³/mol. The van der Waals surface area contributed by atoms with E-state index in [-0.39, 0.29) is 29.1 Å². The van der Waals surface area contributed by atoms with Crippen LogP contribution in [-0.4, -0.2) is 59.7 Å². The first-order chi connectivity index (χ1) is 18.6. The van der Waals surface area contributed by atoms with Gasteiger partial charge in [0, 0.05) is 36.8 Å². The zero-order valence-electron chi connectivity index (χ0n) is 23.0. The van der Waals surface area contributed by atoms with Gasteiger partial charge >= 0.3 is 0 Å². The lowest BCUT2D eigenvalue weighted by Crippen LogP contribution is -2.47. The van der Waals surface area contributed by atoms with Gasteiger partial charge in [-0.3, -0.25) is 0 Å². The molecule has 0 radical (unpaired) electrons. The Morgan fingerprint density at radius 3 is 2.41 bits per heavy atom. The van der Waals surface area contributed by atoms with Crippen LogP contribution in [0.5, 0.6) is 0 Å². The molecule has 206 valence electrons. The molecule has 39 heavy (non-hydrogen) atoms. The van der Waals surface area contributed by atoms with Gasteiger partial charge in [0.05, 0.1) is 17.3 Å². The van der Waals surface area contributed by atoms with E-state index in [1.807, 2.05) is 38.3 Å². The van der Waals surface area contributed by atoms with E-state index in [9.17, 15) is 13.9 Å². The lowest BCUT2D eigenvalue weighted by atomic mass is 9.77. The number of anilines is 2. The molecule has 0 aliphatic carbocycles. The van der Waals surface area contributed by atoms with Crippen molar-refractivity contribution in [3.63, 3.8) is 0 Å². The van der Waals surface area contributed by atoms with Crippen LogP contribution in [-0.2, 0) is 0 Å². The van der Waals surface area contributed by atoms with Crippen LogP contribution in [0.4, 0.5) is 20.5 Å². The van der Waals surface area contributed by atoms with Gasteiger partial charge in [0.15, 0.2) is 11.6 Å². The van der Waals surface area contributed by atoms with E-state index < -0.39 is 17.2 Å². The van der Waals surface area contributed by atoms with Crippen molar-refractivity contribution in [2.24, 2.45) is 0 Å². The third-order valence-electron chi connectivity index (χ3n) is 7.96. The fourth-order valence-corrected chi connectivity index (χ4v) is 5.54. The standard InChI is InChI=1S/C29H35F2N7O/c1-6-37-11-9-29(39,10-12-37)18(4)20-7-8-25(32-15-20)35-28-33-16-23(31)26(36-28)21-13-22(30)27-24(14-21)38(17(2)3)19(5)34-27/h7-8,13-18,39H,6,9-12H2,1-5H3,(H,32,33,35,36). The minimum Gasteiger partial charge on any atom is -0.389 e. The molecule has 0 saturated carbocycles. The van der Waals surface area contributed by atoms with Crippen LogP contribution in [0.1, 0.15) is 63.9 Å². The fourth-order valence-electron chi connectivity index (χ4n) is 5.54. The summed E-state index contributed by atoms with van der Waals surface area (Å²) in [5.41, 5.74) is 1.28. The lowest BCUT2D eigenvalue weighted by molar-refractivity contribution is -0.0379. The van der Waals surface area contributed by atoms with Gasteiger partial charge in [0.25, 0.3) is 0 Å². The molecule has 0 bridgehead atoms. The average molecular weight is 536 g/mol. The van der Waals surface area contributed by atoms with E-state index in [1.165, 1.54) is 6.07 Å². The zero-order valence-corrected chi connectivity index (χ0v) is 23.0. The first kappa shape index (κ1) is 27.1. The highest BCUT2D eigenvalue weighted by Gasteiger charge is 2.37. The Labute approximate surface area is 227 Å². The van der Waals surface area contributed by atoms with Crippen molar-refractivity contribution in [2.75, 3.05) is 25.0 Å². The SMILES string of the molecule is CCN1CCC(O)(C(C)c2ccc(Nc3ncc(F)c(-c4cc(F)c5nc(C)n(C(C)C)c5c4)n3)nc2)CC1. The summed E-state index contributed by atoms with van der Waals surface area (Å²) in [5, 5.41) is 14.3. The summed E-state index contributed by atoms with van der Waals surface area (Å²) >= 11 is 0. The van der Waals surface area contributed by atoms with Gasteiger partial charge in [0.1, 0.15) is 22.9 Å². The molecule has 2 N–H and O–H groups in total. The Hall–Kier alpha value is -3.50. The number of hydrogen-bond acceptors (Lipinski definition) is 7. The molecule has 8 nitrogen and oxygen atoms in total. The summed E-state index contributed by atoms with van der Waals surface area (Å²) in [6, 6.07) is 6.72. The molecule has 4 aromatic rings. The molecule has 10 heteroatoms. The van der Waals surface area contributed by atoms with Crippen LogP contribution in [0.25, 0.3) is 22.3 Å². The van der Waals surface area contributed by atoms with Crippen LogP contribution in [0, 0.1) is 18.6 Å². The smallest absolute Gasteiger partial charge is 0.229 e. The number of halogens is 2.